The third kappa shape index (κ3) is 6.69. The van der Waals surface area contributed by atoms with Crippen molar-refractivity contribution in [1.82, 2.24) is 10.8 Å². The molecule has 0 spiro atoms. The van der Waals surface area contributed by atoms with Crippen molar-refractivity contribution in [2.75, 3.05) is 7.11 Å². The molecule has 1 amide bonds. The summed E-state index contributed by atoms with van der Waals surface area (Å²) in [5.41, 5.74) is 1.41. The molecule has 0 aromatic rings. The van der Waals surface area contributed by atoms with Crippen LogP contribution in [-0.2, 0) is 14.4 Å². The topological polar surface area (TPSA) is 96.9 Å². The zero-order chi connectivity index (χ0) is 12.1. The van der Waals surface area contributed by atoms with Gasteiger partial charge in [0.15, 0.2) is 0 Å². The number of rotatable bonds is 4. The molecule has 0 saturated carbocycles. The molecule has 0 aliphatic rings. The van der Waals surface area contributed by atoms with Crippen LogP contribution >= 0.6 is 0 Å². The molecule has 88 valence electrons. The minimum atomic E-state index is -1.34. The van der Waals surface area contributed by atoms with Crippen molar-refractivity contribution in [3.05, 3.63) is 0 Å². The van der Waals surface area contributed by atoms with Crippen LogP contribution in [0.5, 0.6) is 0 Å². The van der Waals surface area contributed by atoms with Gasteiger partial charge in [-0.1, -0.05) is 0 Å². The molecule has 0 aromatic carbocycles. The highest BCUT2D eigenvalue weighted by Gasteiger charge is 2.23. The van der Waals surface area contributed by atoms with E-state index in [4.69, 9.17) is 9.84 Å². The van der Waals surface area contributed by atoms with Gasteiger partial charge in [0, 0.05) is 0 Å². The molecule has 15 heavy (non-hydrogen) atoms. The number of hydroxylamine groups is 1. The Morgan fingerprint density at radius 3 is 2.20 bits per heavy atom. The first-order chi connectivity index (χ1) is 6.76. The van der Waals surface area contributed by atoms with Gasteiger partial charge >= 0.3 is 12.1 Å². The lowest BCUT2D eigenvalue weighted by Crippen LogP contribution is -2.51. The summed E-state index contributed by atoms with van der Waals surface area (Å²) in [6.45, 7) is 5.02. The van der Waals surface area contributed by atoms with E-state index in [0.29, 0.717) is 0 Å². The Morgan fingerprint density at radius 2 is 1.87 bits per heavy atom. The number of aliphatic carboxylic acids is 1. The van der Waals surface area contributed by atoms with Gasteiger partial charge in [0.05, 0.1) is 7.11 Å². The Balaban J connectivity index is 4.18. The Labute approximate surface area is 87.7 Å². The molecule has 1 atom stereocenters. The largest absolute Gasteiger partial charge is 0.479 e. The van der Waals surface area contributed by atoms with Crippen molar-refractivity contribution in [2.45, 2.75) is 32.5 Å². The lowest BCUT2D eigenvalue weighted by atomic mass is 10.2. The minimum absolute atomic E-state index is 0.680. The molecule has 0 bridgehead atoms. The quantitative estimate of drug-likeness (QED) is 0.458. The van der Waals surface area contributed by atoms with Gasteiger partial charge in [0.1, 0.15) is 5.60 Å². The smallest absolute Gasteiger partial charge is 0.409 e. The second kappa shape index (κ2) is 5.52. The van der Waals surface area contributed by atoms with E-state index in [-0.39, 0.29) is 0 Å². The fraction of sp³-hybridized carbons (Fsp3) is 0.750. The van der Waals surface area contributed by atoms with E-state index in [1.54, 1.807) is 20.8 Å². The van der Waals surface area contributed by atoms with Gasteiger partial charge in [-0.2, -0.15) is 5.48 Å². The maximum atomic E-state index is 11.2. The van der Waals surface area contributed by atoms with E-state index in [0.717, 1.165) is 0 Å². The maximum Gasteiger partial charge on any atom is 0.409 e. The van der Waals surface area contributed by atoms with Crippen molar-refractivity contribution >= 4 is 12.1 Å². The molecule has 0 aromatic heterocycles. The van der Waals surface area contributed by atoms with Crippen molar-refractivity contribution < 1.29 is 24.3 Å². The number of amides is 1. The zero-order valence-corrected chi connectivity index (χ0v) is 9.16. The van der Waals surface area contributed by atoms with Crippen LogP contribution in [0.4, 0.5) is 4.79 Å². The first-order valence-electron chi connectivity index (χ1n) is 4.27. The summed E-state index contributed by atoms with van der Waals surface area (Å²) in [4.78, 5) is 26.1. The average molecular weight is 220 g/mol. The highest BCUT2D eigenvalue weighted by molar-refractivity contribution is 5.79. The summed E-state index contributed by atoms with van der Waals surface area (Å²) in [7, 11) is 1.24. The van der Waals surface area contributed by atoms with Crippen LogP contribution in [0.3, 0.4) is 0 Å². The van der Waals surface area contributed by atoms with Gasteiger partial charge in [0.25, 0.3) is 0 Å². The summed E-state index contributed by atoms with van der Waals surface area (Å²) in [6.07, 6.45) is -2.18. The van der Waals surface area contributed by atoms with Crippen molar-refractivity contribution in [3.63, 3.8) is 0 Å². The molecule has 0 radical (unpaired) electrons. The molecular weight excluding hydrogens is 204 g/mol. The Kier molecular flexibility index (Phi) is 5.03. The molecule has 7 heteroatoms. The summed E-state index contributed by atoms with van der Waals surface area (Å²) in [6, 6.07) is 0. The molecule has 0 fully saturated rings. The van der Waals surface area contributed by atoms with E-state index in [1.807, 2.05) is 0 Å². The number of ether oxygens (including phenoxy) is 1. The van der Waals surface area contributed by atoms with Gasteiger partial charge in [-0.3, -0.25) is 5.32 Å². The zero-order valence-electron chi connectivity index (χ0n) is 9.16. The van der Waals surface area contributed by atoms with E-state index < -0.39 is 23.8 Å². The number of carbonyl (C=O) groups is 2. The molecule has 0 unspecified atom stereocenters. The first-order valence-corrected chi connectivity index (χ1v) is 4.27. The van der Waals surface area contributed by atoms with E-state index in [2.05, 4.69) is 15.6 Å². The molecule has 0 rings (SSSR count). The van der Waals surface area contributed by atoms with Gasteiger partial charge in [-0.05, 0) is 20.8 Å². The standard InChI is InChI=1S/C8H16N2O5/c1-8(2,3)15-7(13)9-5(6(11)12)10-14-4/h5,10H,1-4H3,(H,9,13)(H,11,12)/t5-/m1/s1. The van der Waals surface area contributed by atoms with Crippen LogP contribution < -0.4 is 10.8 Å². The van der Waals surface area contributed by atoms with Crippen molar-refractivity contribution in [1.29, 1.82) is 0 Å². The summed E-state index contributed by atoms with van der Waals surface area (Å²) in [5.74, 6) is -1.28. The molecule has 0 aliphatic carbocycles. The van der Waals surface area contributed by atoms with Crippen molar-refractivity contribution in [2.24, 2.45) is 0 Å². The lowest BCUT2D eigenvalue weighted by Gasteiger charge is -2.21. The minimum Gasteiger partial charge on any atom is -0.479 e. The van der Waals surface area contributed by atoms with Gasteiger partial charge < -0.3 is 14.7 Å². The number of carboxylic acid groups (broad SMARTS) is 1. The van der Waals surface area contributed by atoms with Gasteiger partial charge in [-0.25, -0.2) is 9.59 Å². The highest BCUT2D eigenvalue weighted by atomic mass is 16.6. The third-order valence-corrected chi connectivity index (χ3v) is 1.14. The fourth-order valence-corrected chi connectivity index (χ4v) is 0.685. The second-order valence-electron chi connectivity index (χ2n) is 3.74. The van der Waals surface area contributed by atoms with Crippen LogP contribution in [0.2, 0.25) is 0 Å². The Bertz CT molecular complexity index is 236. The number of hydrogen-bond donors (Lipinski definition) is 3. The molecule has 0 heterocycles. The van der Waals surface area contributed by atoms with Crippen LogP contribution in [0.25, 0.3) is 0 Å². The Morgan fingerprint density at radius 1 is 1.33 bits per heavy atom. The van der Waals surface area contributed by atoms with Crippen LogP contribution in [0, 0.1) is 0 Å². The monoisotopic (exact) mass is 220 g/mol. The Hall–Kier alpha value is -1.34. The molecule has 0 aliphatic heterocycles. The van der Waals surface area contributed by atoms with Crippen molar-refractivity contribution in [3.8, 4) is 0 Å². The molecule has 7 nitrogen and oxygen atoms in total. The predicted molar refractivity (Wildman–Crippen MR) is 50.9 cm³/mol. The van der Waals surface area contributed by atoms with Gasteiger partial charge in [-0.15, -0.1) is 0 Å². The third-order valence-electron chi connectivity index (χ3n) is 1.14. The summed E-state index contributed by atoms with van der Waals surface area (Å²) < 4.78 is 4.86. The van der Waals surface area contributed by atoms with Crippen LogP contribution in [-0.4, -0.2) is 36.0 Å². The molecule has 3 N–H and O–H groups in total. The fourth-order valence-electron chi connectivity index (χ4n) is 0.685. The number of carbonyl (C=O) groups excluding carboxylic acids is 1. The average Bonchev–Trinajstić information content (AvgIpc) is 1.99. The van der Waals surface area contributed by atoms with E-state index in [9.17, 15) is 9.59 Å². The summed E-state index contributed by atoms with van der Waals surface area (Å²) >= 11 is 0. The first kappa shape index (κ1) is 13.7. The normalized spacial score (nSPS) is 13.1. The lowest BCUT2D eigenvalue weighted by molar-refractivity contribution is -0.144. The number of alkyl carbamates (subject to hydrolysis) is 1. The van der Waals surface area contributed by atoms with Crippen LogP contribution in [0.1, 0.15) is 20.8 Å². The predicted octanol–water partition coefficient (Wildman–Crippen LogP) is 0.0728. The molecule has 0 saturated heterocycles. The van der Waals surface area contributed by atoms with E-state index in [1.165, 1.54) is 7.11 Å². The van der Waals surface area contributed by atoms with Crippen LogP contribution in [0.15, 0.2) is 0 Å². The number of hydrogen-bond acceptors (Lipinski definition) is 5. The summed E-state index contributed by atoms with van der Waals surface area (Å²) in [5, 5.41) is 10.7. The number of carboxylic acids is 1. The second-order valence-corrected chi connectivity index (χ2v) is 3.74. The van der Waals surface area contributed by atoms with E-state index >= 15 is 0 Å². The molecular formula is C8H16N2O5. The highest BCUT2D eigenvalue weighted by Crippen LogP contribution is 2.06. The van der Waals surface area contributed by atoms with Gasteiger partial charge in [0.2, 0.25) is 6.17 Å². The SMILES string of the molecule is CON[C@@H](NC(=O)OC(C)(C)C)C(=O)O. The maximum absolute atomic E-state index is 11.2. The number of nitrogens with one attached hydrogen (secondary N) is 2.